The summed E-state index contributed by atoms with van der Waals surface area (Å²) in [4.78, 5) is 12.8. The van der Waals surface area contributed by atoms with Crippen LogP contribution in [0.3, 0.4) is 0 Å². The van der Waals surface area contributed by atoms with E-state index < -0.39 is 0 Å². The van der Waals surface area contributed by atoms with Gasteiger partial charge in [-0.2, -0.15) is 0 Å². The van der Waals surface area contributed by atoms with Crippen molar-refractivity contribution < 1.29 is 34.6 Å². The number of hydrogen-bond donors (Lipinski definition) is 0. The Balaban J connectivity index is 0.00000312. The van der Waals surface area contributed by atoms with Crippen LogP contribution in [0.1, 0.15) is 41.0 Å². The summed E-state index contributed by atoms with van der Waals surface area (Å²) in [7, 11) is 1.71. The van der Waals surface area contributed by atoms with Crippen LogP contribution >= 0.6 is 8.58 Å². The van der Waals surface area contributed by atoms with E-state index in [9.17, 15) is 4.79 Å². The van der Waals surface area contributed by atoms with Crippen LogP contribution in [0.4, 0.5) is 0 Å². The molecule has 5 heteroatoms. The molecule has 0 saturated heterocycles. The van der Waals surface area contributed by atoms with Gasteiger partial charge in [0.15, 0.2) is 11.8 Å². The van der Waals surface area contributed by atoms with Gasteiger partial charge in [-0.15, -0.1) is 0 Å². The standard InChI is InChI=1S/C20H25O3P.Li.H/c1-12-11-13(2)19(15(4)14(12)3)20(21)24-18-9-7-17(8-10-18)23-16(5)22-6;;/h7-11,16,24H,1-6H3;;/q;+1;-1. The van der Waals surface area contributed by atoms with E-state index in [4.69, 9.17) is 9.47 Å². The van der Waals surface area contributed by atoms with Crippen LogP contribution in [0.5, 0.6) is 5.75 Å². The number of carbonyl (C=O) groups is 1. The minimum atomic E-state index is -0.291. The number of carbonyl (C=O) groups excluding carboxylic acids is 1. The molecule has 0 saturated carbocycles. The predicted octanol–water partition coefficient (Wildman–Crippen LogP) is 1.55. The number of aryl methyl sites for hydroxylation is 2. The van der Waals surface area contributed by atoms with Gasteiger partial charge in [-0.25, -0.2) is 0 Å². The van der Waals surface area contributed by atoms with E-state index >= 15 is 0 Å². The monoisotopic (exact) mass is 352 g/mol. The van der Waals surface area contributed by atoms with E-state index in [1.165, 1.54) is 11.1 Å². The second-order valence-corrected chi connectivity index (χ2v) is 7.32. The van der Waals surface area contributed by atoms with Crippen LogP contribution in [-0.4, -0.2) is 18.9 Å². The maximum atomic E-state index is 12.8. The van der Waals surface area contributed by atoms with Gasteiger partial charge in [-0.3, -0.25) is 4.79 Å². The fourth-order valence-electron chi connectivity index (χ4n) is 2.68. The smallest absolute Gasteiger partial charge is 1.00 e. The Bertz CT molecular complexity index is 748. The summed E-state index contributed by atoms with van der Waals surface area (Å²) >= 11 is 0. The van der Waals surface area contributed by atoms with Gasteiger partial charge in [0.25, 0.3) is 0 Å². The molecule has 2 aromatic carbocycles. The van der Waals surface area contributed by atoms with Gasteiger partial charge < -0.3 is 10.9 Å². The number of methoxy groups -OCH3 is 1. The van der Waals surface area contributed by atoms with Crippen LogP contribution in [0, 0.1) is 27.7 Å². The van der Waals surface area contributed by atoms with Crippen molar-refractivity contribution in [3.8, 4) is 5.75 Å². The van der Waals surface area contributed by atoms with Gasteiger partial charge in [0.05, 0.1) is 0 Å². The third-order valence-electron chi connectivity index (χ3n) is 4.33. The molecule has 130 valence electrons. The largest absolute Gasteiger partial charge is 1.00 e. The third kappa shape index (κ3) is 5.43. The fourth-order valence-corrected chi connectivity index (χ4v) is 3.79. The zero-order valence-corrected chi connectivity index (χ0v) is 17.2. The molecule has 0 aliphatic carbocycles. The van der Waals surface area contributed by atoms with Crippen LogP contribution in [0.15, 0.2) is 30.3 Å². The van der Waals surface area contributed by atoms with Crippen molar-refractivity contribution in [3.05, 3.63) is 58.1 Å². The van der Waals surface area contributed by atoms with Crippen molar-refractivity contribution in [1.29, 1.82) is 0 Å². The molecule has 0 aliphatic heterocycles. The molecule has 0 bridgehead atoms. The van der Waals surface area contributed by atoms with E-state index in [1.54, 1.807) is 7.11 Å². The summed E-state index contributed by atoms with van der Waals surface area (Å²) in [5, 5.41) is 1.01. The summed E-state index contributed by atoms with van der Waals surface area (Å²) < 4.78 is 10.7. The maximum absolute atomic E-state index is 12.8. The Morgan fingerprint density at radius 3 is 2.20 bits per heavy atom. The molecule has 0 aromatic heterocycles. The number of rotatable bonds is 6. The number of hydrogen-bond acceptors (Lipinski definition) is 3. The molecule has 0 fully saturated rings. The molecule has 0 heterocycles. The molecule has 2 unspecified atom stereocenters. The van der Waals surface area contributed by atoms with Crippen molar-refractivity contribution in [2.45, 2.75) is 40.9 Å². The van der Waals surface area contributed by atoms with Gasteiger partial charge >= 0.3 is 18.9 Å². The van der Waals surface area contributed by atoms with Crippen molar-refractivity contribution in [1.82, 2.24) is 0 Å². The molecule has 2 aromatic rings. The Kier molecular flexibility index (Phi) is 8.39. The Morgan fingerprint density at radius 1 is 1.04 bits per heavy atom. The first-order valence-electron chi connectivity index (χ1n) is 8.01. The molecular weight excluding hydrogens is 326 g/mol. The quantitative estimate of drug-likeness (QED) is 0.450. The van der Waals surface area contributed by atoms with E-state index in [2.05, 4.69) is 19.9 Å². The van der Waals surface area contributed by atoms with Gasteiger partial charge in [0, 0.05) is 12.7 Å². The first-order chi connectivity index (χ1) is 11.3. The van der Waals surface area contributed by atoms with Crippen molar-refractivity contribution in [2.75, 3.05) is 7.11 Å². The summed E-state index contributed by atoms with van der Waals surface area (Å²) in [6.45, 7) is 10.1. The molecular formula is C20H26LiO3P. The van der Waals surface area contributed by atoms with E-state index in [1.807, 2.05) is 45.0 Å². The zero-order chi connectivity index (χ0) is 17.9. The molecule has 0 aliphatic rings. The van der Waals surface area contributed by atoms with Gasteiger partial charge in [0.1, 0.15) is 5.75 Å². The summed E-state index contributed by atoms with van der Waals surface area (Å²) in [5.74, 6) is 0.740. The second-order valence-electron chi connectivity index (χ2n) is 6.04. The molecule has 0 amide bonds. The minimum absolute atomic E-state index is 0. The van der Waals surface area contributed by atoms with Crippen LogP contribution in [0.2, 0.25) is 0 Å². The minimum Gasteiger partial charge on any atom is -1.00 e. The Morgan fingerprint density at radius 2 is 1.64 bits per heavy atom. The summed E-state index contributed by atoms with van der Waals surface area (Å²) in [5.41, 5.74) is 5.64. The summed E-state index contributed by atoms with van der Waals surface area (Å²) in [6.07, 6.45) is -0.291. The predicted molar refractivity (Wildman–Crippen MR) is 102 cm³/mol. The first kappa shape index (κ1) is 21.9. The van der Waals surface area contributed by atoms with Gasteiger partial charge in [-0.1, -0.05) is 18.2 Å². The molecule has 2 rings (SSSR count). The van der Waals surface area contributed by atoms with Crippen LogP contribution < -0.4 is 28.9 Å². The number of ether oxygens (including phenoxy) is 2. The molecule has 3 nitrogen and oxygen atoms in total. The SMILES string of the molecule is COC(C)Oc1ccc(PC(=O)c2c(C)cc(C)c(C)c2C)cc1.[H-].[Li+]. The van der Waals surface area contributed by atoms with Gasteiger partial charge in [-0.05, 0) is 82.9 Å². The van der Waals surface area contributed by atoms with Crippen LogP contribution in [0.25, 0.3) is 0 Å². The topological polar surface area (TPSA) is 35.5 Å². The third-order valence-corrected chi connectivity index (χ3v) is 5.43. The summed E-state index contributed by atoms with van der Waals surface area (Å²) in [6, 6.07) is 9.75. The van der Waals surface area contributed by atoms with Crippen LogP contribution in [-0.2, 0) is 4.74 Å². The molecule has 0 radical (unpaired) electrons. The molecule has 25 heavy (non-hydrogen) atoms. The fraction of sp³-hybridized carbons (Fsp3) is 0.350. The second kappa shape index (κ2) is 9.56. The van der Waals surface area contributed by atoms with Gasteiger partial charge in [0.2, 0.25) is 0 Å². The first-order valence-corrected chi connectivity index (χ1v) is 9.01. The normalized spacial score (nSPS) is 12.1. The maximum Gasteiger partial charge on any atom is 1.00 e. The Labute approximate surface area is 165 Å². The van der Waals surface area contributed by atoms with Crippen molar-refractivity contribution >= 4 is 19.4 Å². The van der Waals surface area contributed by atoms with E-state index in [0.29, 0.717) is 0 Å². The van der Waals surface area contributed by atoms with Crippen molar-refractivity contribution in [2.24, 2.45) is 0 Å². The molecule has 0 spiro atoms. The van der Waals surface area contributed by atoms with E-state index in [0.717, 1.165) is 27.7 Å². The zero-order valence-electron chi connectivity index (χ0n) is 17.2. The van der Waals surface area contributed by atoms with Crippen molar-refractivity contribution in [3.63, 3.8) is 0 Å². The molecule has 0 N–H and O–H groups in total. The average Bonchev–Trinajstić information content (AvgIpc) is 2.54. The Hall–Kier alpha value is -1.10. The molecule has 2 atom stereocenters. The average molecular weight is 352 g/mol. The van der Waals surface area contributed by atoms with E-state index in [-0.39, 0.29) is 40.7 Å². The number of benzene rings is 2.